The first-order valence-electron chi connectivity index (χ1n) is 13.9. The van der Waals surface area contributed by atoms with Gasteiger partial charge in [-0.1, -0.05) is 13.3 Å². The number of benzene rings is 1. The van der Waals surface area contributed by atoms with Crippen LogP contribution in [0.2, 0.25) is 0 Å². The molecule has 37 heavy (non-hydrogen) atoms. The van der Waals surface area contributed by atoms with Crippen LogP contribution < -0.4 is 15.4 Å². The third-order valence-corrected chi connectivity index (χ3v) is 9.81. The van der Waals surface area contributed by atoms with E-state index in [2.05, 4.69) is 17.6 Å². The summed E-state index contributed by atoms with van der Waals surface area (Å²) in [7, 11) is 0. The molecular weight excluding hydrogens is 475 g/mol. The number of carbonyl (C=O) groups is 3. The molecule has 4 saturated carbocycles. The normalized spacial score (nSPS) is 33.9. The van der Waals surface area contributed by atoms with Crippen LogP contribution >= 0.6 is 0 Å². The number of rotatable bonds is 8. The number of hydrogen-bond acceptors (Lipinski definition) is 4. The van der Waals surface area contributed by atoms with Crippen LogP contribution in [0.4, 0.5) is 4.39 Å². The van der Waals surface area contributed by atoms with Crippen LogP contribution in [0.3, 0.4) is 0 Å². The molecule has 7 nitrogen and oxygen atoms in total. The number of carboxylic acid groups (broad SMARTS) is 1. The van der Waals surface area contributed by atoms with E-state index in [-0.39, 0.29) is 47.0 Å². The Morgan fingerprint density at radius 1 is 1.05 bits per heavy atom. The molecule has 2 bridgehead atoms. The van der Waals surface area contributed by atoms with Crippen LogP contribution in [0.1, 0.15) is 88.4 Å². The fraction of sp³-hybridized carbons (Fsp3) is 0.690. The van der Waals surface area contributed by atoms with Crippen LogP contribution in [0, 0.1) is 34.4 Å². The quantitative estimate of drug-likeness (QED) is 0.467. The van der Waals surface area contributed by atoms with Gasteiger partial charge < -0.3 is 20.5 Å². The minimum absolute atomic E-state index is 0.00700. The predicted molar refractivity (Wildman–Crippen MR) is 136 cm³/mol. The lowest BCUT2D eigenvalue weighted by Gasteiger charge is -2.39. The van der Waals surface area contributed by atoms with Crippen LogP contribution in [0.15, 0.2) is 18.2 Å². The zero-order chi connectivity index (χ0) is 26.4. The summed E-state index contributed by atoms with van der Waals surface area (Å²) in [5, 5.41) is 15.7. The molecule has 1 aromatic rings. The summed E-state index contributed by atoms with van der Waals surface area (Å²) in [6.07, 6.45) is 8.12. The number of fused-ring (bicyclic) bond motifs is 2. The fourth-order valence-corrected chi connectivity index (χ4v) is 6.96. The Labute approximate surface area is 217 Å². The minimum atomic E-state index is -0.819. The molecular formula is C29H39FN2O5. The lowest BCUT2D eigenvalue weighted by atomic mass is 9.70. The van der Waals surface area contributed by atoms with Crippen molar-refractivity contribution in [2.24, 2.45) is 28.6 Å². The standard InChI is InChI=1S/C29H39FN2O5/c1-28(10-3-11-28)16-31-26(34)23-17-4-5-18(14-17)24(23)32-25(33)19-6-7-21(30)22(15-19)37-20-8-12-29(2,13-9-20)27(35)36/h6-7,15,17-18,20,23-24H,3-5,8-14,16H2,1-2H3,(H,31,34)(H,32,33)(H,35,36)/t17-,18+,20-,23+,24-,29+/m1/s1. The SMILES string of the molecule is CC1(CNC(=O)[C@H]2[C@@H]3CC[C@@H](C3)[C@H]2NC(=O)c2ccc(F)c(O[C@H]3CC[C@@](C)(C(=O)O)CC3)c2)CCC1. The molecule has 4 aliphatic carbocycles. The summed E-state index contributed by atoms with van der Waals surface area (Å²) in [6.45, 7) is 4.63. The van der Waals surface area contributed by atoms with Gasteiger partial charge in [-0.2, -0.15) is 0 Å². The number of carbonyl (C=O) groups excluding carboxylic acids is 2. The van der Waals surface area contributed by atoms with Crippen molar-refractivity contribution in [2.75, 3.05) is 6.54 Å². The number of hydrogen-bond donors (Lipinski definition) is 3. The van der Waals surface area contributed by atoms with E-state index < -0.39 is 17.2 Å². The minimum Gasteiger partial charge on any atom is -0.487 e. The molecule has 2 amide bonds. The number of amides is 2. The second-order valence-electron chi connectivity index (χ2n) is 12.6. The number of nitrogens with one attached hydrogen (secondary N) is 2. The molecule has 1 aromatic carbocycles. The van der Waals surface area contributed by atoms with E-state index >= 15 is 0 Å². The largest absolute Gasteiger partial charge is 0.487 e. The molecule has 4 fully saturated rings. The Morgan fingerprint density at radius 2 is 1.76 bits per heavy atom. The van der Waals surface area contributed by atoms with Crippen molar-refractivity contribution in [3.63, 3.8) is 0 Å². The van der Waals surface area contributed by atoms with Crippen LogP contribution in [-0.2, 0) is 9.59 Å². The Morgan fingerprint density at radius 3 is 2.41 bits per heavy atom. The van der Waals surface area contributed by atoms with Crippen LogP contribution in [0.5, 0.6) is 5.75 Å². The summed E-state index contributed by atoms with van der Waals surface area (Å²) in [4.78, 5) is 37.9. The molecule has 3 N–H and O–H groups in total. The lowest BCUT2D eigenvalue weighted by molar-refractivity contribution is -0.150. The van der Waals surface area contributed by atoms with Crippen molar-refractivity contribution >= 4 is 17.8 Å². The van der Waals surface area contributed by atoms with Crippen molar-refractivity contribution in [3.05, 3.63) is 29.6 Å². The van der Waals surface area contributed by atoms with Gasteiger partial charge in [0.15, 0.2) is 11.6 Å². The Hall–Kier alpha value is -2.64. The molecule has 0 spiro atoms. The Bertz CT molecular complexity index is 1060. The van der Waals surface area contributed by atoms with Crippen LogP contribution in [-0.4, -0.2) is 41.6 Å². The molecule has 202 valence electrons. The summed E-state index contributed by atoms with van der Waals surface area (Å²) in [6, 6.07) is 3.88. The van der Waals surface area contributed by atoms with Gasteiger partial charge in [-0.05, 0) is 100 Å². The van der Waals surface area contributed by atoms with E-state index in [1.54, 1.807) is 6.92 Å². The fourth-order valence-electron chi connectivity index (χ4n) is 6.96. The summed E-state index contributed by atoms with van der Waals surface area (Å²) in [5.74, 6) is -1.30. The molecule has 0 radical (unpaired) electrons. The average molecular weight is 515 g/mol. The molecule has 4 aliphatic rings. The van der Waals surface area contributed by atoms with Gasteiger partial charge in [0, 0.05) is 18.2 Å². The van der Waals surface area contributed by atoms with E-state index in [0.717, 1.165) is 32.1 Å². The molecule has 8 heteroatoms. The molecule has 0 unspecified atom stereocenters. The van der Waals surface area contributed by atoms with Gasteiger partial charge in [-0.15, -0.1) is 0 Å². The first kappa shape index (κ1) is 26.0. The van der Waals surface area contributed by atoms with Crippen molar-refractivity contribution in [1.29, 1.82) is 0 Å². The third-order valence-electron chi connectivity index (χ3n) is 9.81. The maximum atomic E-state index is 14.6. The van der Waals surface area contributed by atoms with Gasteiger partial charge in [0.05, 0.1) is 17.4 Å². The number of aliphatic carboxylic acids is 1. The van der Waals surface area contributed by atoms with Gasteiger partial charge in [0.2, 0.25) is 5.91 Å². The van der Waals surface area contributed by atoms with Gasteiger partial charge in [0.25, 0.3) is 5.91 Å². The molecule has 0 heterocycles. The van der Waals surface area contributed by atoms with Gasteiger partial charge in [0.1, 0.15) is 0 Å². The highest BCUT2D eigenvalue weighted by Crippen LogP contribution is 2.49. The van der Waals surface area contributed by atoms with E-state index in [0.29, 0.717) is 43.7 Å². The second-order valence-corrected chi connectivity index (χ2v) is 12.6. The van der Waals surface area contributed by atoms with Crippen molar-refractivity contribution in [1.82, 2.24) is 10.6 Å². The van der Waals surface area contributed by atoms with Crippen molar-refractivity contribution in [3.8, 4) is 5.75 Å². The average Bonchev–Trinajstić information content (AvgIpc) is 3.46. The zero-order valence-corrected chi connectivity index (χ0v) is 21.9. The molecule has 0 aliphatic heterocycles. The highest BCUT2D eigenvalue weighted by molar-refractivity contribution is 5.95. The van der Waals surface area contributed by atoms with E-state index in [1.165, 1.54) is 24.6 Å². The Kier molecular flexibility index (Phi) is 6.96. The van der Waals surface area contributed by atoms with Crippen molar-refractivity contribution < 1.29 is 28.6 Å². The summed E-state index contributed by atoms with van der Waals surface area (Å²) >= 11 is 0. The smallest absolute Gasteiger partial charge is 0.309 e. The van der Waals surface area contributed by atoms with E-state index in [9.17, 15) is 23.9 Å². The topological polar surface area (TPSA) is 105 Å². The molecule has 0 saturated heterocycles. The Balaban J connectivity index is 1.22. The number of ether oxygens (including phenoxy) is 1. The molecule has 4 atom stereocenters. The number of carboxylic acids is 1. The zero-order valence-electron chi connectivity index (χ0n) is 21.9. The third kappa shape index (κ3) is 5.21. The maximum absolute atomic E-state index is 14.6. The first-order valence-corrected chi connectivity index (χ1v) is 13.9. The van der Waals surface area contributed by atoms with E-state index in [4.69, 9.17) is 4.74 Å². The van der Waals surface area contributed by atoms with E-state index in [1.807, 2.05) is 0 Å². The summed E-state index contributed by atoms with van der Waals surface area (Å²) < 4.78 is 20.5. The molecule has 0 aromatic heterocycles. The second kappa shape index (κ2) is 9.91. The first-order chi connectivity index (χ1) is 17.6. The lowest BCUT2D eigenvalue weighted by Crippen LogP contribution is -2.51. The summed E-state index contributed by atoms with van der Waals surface area (Å²) in [5.41, 5.74) is -0.285. The van der Waals surface area contributed by atoms with Gasteiger partial charge in [-0.3, -0.25) is 14.4 Å². The maximum Gasteiger partial charge on any atom is 0.309 e. The highest BCUT2D eigenvalue weighted by atomic mass is 19.1. The van der Waals surface area contributed by atoms with Gasteiger partial charge in [-0.25, -0.2) is 4.39 Å². The molecule has 5 rings (SSSR count). The monoisotopic (exact) mass is 514 g/mol. The highest BCUT2D eigenvalue weighted by Gasteiger charge is 2.51. The van der Waals surface area contributed by atoms with Crippen LogP contribution in [0.25, 0.3) is 0 Å². The van der Waals surface area contributed by atoms with Crippen molar-refractivity contribution in [2.45, 2.75) is 90.2 Å². The van der Waals surface area contributed by atoms with Gasteiger partial charge >= 0.3 is 5.97 Å². The number of halogens is 1. The predicted octanol–water partition coefficient (Wildman–Crippen LogP) is 4.69.